The van der Waals surface area contributed by atoms with E-state index in [1.54, 1.807) is 36.4 Å². The summed E-state index contributed by atoms with van der Waals surface area (Å²) in [5, 5.41) is 14.5. The molecule has 2 amide bonds. The number of aryl methyl sites for hydroxylation is 1. The second-order valence-corrected chi connectivity index (χ2v) is 7.58. The molecule has 0 aliphatic heterocycles. The van der Waals surface area contributed by atoms with Gasteiger partial charge in [0.1, 0.15) is 5.75 Å². The van der Waals surface area contributed by atoms with Crippen LogP contribution in [0.15, 0.2) is 71.2 Å². The third-order valence-electron chi connectivity index (χ3n) is 4.29. The smallest absolute Gasteiger partial charge is 0.335 e. The zero-order valence-corrected chi connectivity index (χ0v) is 18.1. The summed E-state index contributed by atoms with van der Waals surface area (Å²) in [6, 6.07) is 18.1. The van der Waals surface area contributed by atoms with E-state index >= 15 is 0 Å². The molecule has 0 aromatic heterocycles. The summed E-state index contributed by atoms with van der Waals surface area (Å²) < 4.78 is 6.05. The Morgan fingerprint density at radius 1 is 0.903 bits per heavy atom. The molecule has 0 saturated heterocycles. The summed E-state index contributed by atoms with van der Waals surface area (Å²) in [4.78, 5) is 35.7. The molecule has 0 aliphatic rings. The number of nitrogens with one attached hydrogen (secondary N) is 2. The lowest BCUT2D eigenvalue weighted by atomic mass is 10.1. The summed E-state index contributed by atoms with van der Waals surface area (Å²) in [6.07, 6.45) is 0. The third kappa shape index (κ3) is 6.16. The maximum absolute atomic E-state index is 12.5. The van der Waals surface area contributed by atoms with Crippen LogP contribution in [-0.4, -0.2) is 29.5 Å². The first-order valence-electron chi connectivity index (χ1n) is 9.25. The average molecular weight is 483 g/mol. The van der Waals surface area contributed by atoms with Crippen molar-refractivity contribution in [3.05, 3.63) is 87.9 Å². The molecule has 31 heavy (non-hydrogen) atoms. The van der Waals surface area contributed by atoms with Crippen molar-refractivity contribution < 1.29 is 24.2 Å². The summed E-state index contributed by atoms with van der Waals surface area (Å²) in [7, 11) is 0. The Hall–Kier alpha value is -3.65. The Morgan fingerprint density at radius 2 is 1.61 bits per heavy atom. The number of para-hydroxylation sites is 1. The standard InChI is InChI=1S/C23H19BrN2O5/c1-14-4-2-3-5-20(14)31-13-21(27)25-18-8-6-15(7-9-18)22(28)26-19-11-16(23(29)30)10-17(24)12-19/h2-12H,13H2,1H3,(H,25,27)(H,26,28)(H,29,30). The first-order valence-corrected chi connectivity index (χ1v) is 10.0. The number of benzene rings is 3. The average Bonchev–Trinajstić information content (AvgIpc) is 2.73. The van der Waals surface area contributed by atoms with Gasteiger partial charge < -0.3 is 20.5 Å². The Kier molecular flexibility index (Phi) is 7.04. The van der Waals surface area contributed by atoms with Crippen LogP contribution >= 0.6 is 15.9 Å². The Bertz CT molecular complexity index is 1130. The van der Waals surface area contributed by atoms with Crippen molar-refractivity contribution >= 4 is 45.1 Å². The molecule has 0 heterocycles. The molecule has 0 fully saturated rings. The van der Waals surface area contributed by atoms with Gasteiger partial charge in [-0.05, 0) is 61.0 Å². The van der Waals surface area contributed by atoms with Gasteiger partial charge in [0.2, 0.25) is 0 Å². The summed E-state index contributed by atoms with van der Waals surface area (Å²) in [5.41, 5.74) is 2.21. The molecule has 3 aromatic carbocycles. The third-order valence-corrected chi connectivity index (χ3v) is 4.74. The molecule has 0 bridgehead atoms. The number of carboxylic acids is 1. The predicted octanol–water partition coefficient (Wildman–Crippen LogP) is 4.73. The number of anilines is 2. The highest BCUT2D eigenvalue weighted by Crippen LogP contribution is 2.21. The molecular formula is C23H19BrN2O5. The molecule has 0 atom stereocenters. The molecule has 3 rings (SSSR count). The lowest BCUT2D eigenvalue weighted by Gasteiger charge is -2.10. The summed E-state index contributed by atoms with van der Waals surface area (Å²) in [5.74, 6) is -1.18. The fourth-order valence-electron chi connectivity index (χ4n) is 2.75. The molecular weight excluding hydrogens is 464 g/mol. The number of rotatable bonds is 7. The summed E-state index contributed by atoms with van der Waals surface area (Å²) in [6.45, 7) is 1.76. The van der Waals surface area contributed by atoms with Gasteiger partial charge in [0, 0.05) is 21.4 Å². The van der Waals surface area contributed by atoms with Gasteiger partial charge in [-0.3, -0.25) is 9.59 Å². The highest BCUT2D eigenvalue weighted by molar-refractivity contribution is 9.10. The minimum atomic E-state index is -1.09. The second kappa shape index (κ2) is 9.90. The Morgan fingerprint density at radius 3 is 2.29 bits per heavy atom. The minimum Gasteiger partial charge on any atom is -0.483 e. The number of ether oxygens (including phenoxy) is 1. The van der Waals surface area contributed by atoms with E-state index in [-0.39, 0.29) is 18.1 Å². The Labute approximate surface area is 187 Å². The molecule has 0 aliphatic carbocycles. The number of carbonyl (C=O) groups excluding carboxylic acids is 2. The zero-order valence-electron chi connectivity index (χ0n) is 16.5. The van der Waals surface area contributed by atoms with Crippen LogP contribution in [0.1, 0.15) is 26.3 Å². The van der Waals surface area contributed by atoms with E-state index in [0.717, 1.165) is 5.56 Å². The summed E-state index contributed by atoms with van der Waals surface area (Å²) >= 11 is 3.23. The molecule has 0 spiro atoms. The van der Waals surface area contributed by atoms with Crippen LogP contribution in [-0.2, 0) is 4.79 Å². The fourth-order valence-corrected chi connectivity index (χ4v) is 3.25. The van der Waals surface area contributed by atoms with Crippen molar-refractivity contribution in [3.63, 3.8) is 0 Å². The number of halogens is 1. The lowest BCUT2D eigenvalue weighted by Crippen LogP contribution is -2.20. The normalized spacial score (nSPS) is 10.3. The van der Waals surface area contributed by atoms with Gasteiger partial charge in [-0.2, -0.15) is 0 Å². The predicted molar refractivity (Wildman–Crippen MR) is 121 cm³/mol. The molecule has 158 valence electrons. The number of aromatic carboxylic acids is 1. The van der Waals surface area contributed by atoms with E-state index < -0.39 is 11.9 Å². The van der Waals surface area contributed by atoms with Crippen molar-refractivity contribution in [2.75, 3.05) is 17.2 Å². The Balaban J connectivity index is 1.58. The van der Waals surface area contributed by atoms with E-state index in [1.165, 1.54) is 12.1 Å². The number of amides is 2. The molecule has 0 unspecified atom stereocenters. The second-order valence-electron chi connectivity index (χ2n) is 6.67. The van der Waals surface area contributed by atoms with Gasteiger partial charge >= 0.3 is 5.97 Å². The zero-order chi connectivity index (χ0) is 22.4. The highest BCUT2D eigenvalue weighted by Gasteiger charge is 2.11. The van der Waals surface area contributed by atoms with Gasteiger partial charge in [0.05, 0.1) is 5.56 Å². The fraction of sp³-hybridized carbons (Fsp3) is 0.0870. The minimum absolute atomic E-state index is 0.0515. The van der Waals surface area contributed by atoms with Crippen LogP contribution in [0.25, 0.3) is 0 Å². The van der Waals surface area contributed by atoms with Crippen LogP contribution in [0.4, 0.5) is 11.4 Å². The first-order chi connectivity index (χ1) is 14.8. The van der Waals surface area contributed by atoms with Gasteiger partial charge in [0.15, 0.2) is 6.61 Å². The lowest BCUT2D eigenvalue weighted by molar-refractivity contribution is -0.118. The molecule has 0 saturated carbocycles. The molecule has 8 heteroatoms. The number of carbonyl (C=O) groups is 3. The van der Waals surface area contributed by atoms with E-state index in [9.17, 15) is 14.4 Å². The molecule has 3 aromatic rings. The van der Waals surface area contributed by atoms with Crippen LogP contribution in [0, 0.1) is 6.92 Å². The maximum atomic E-state index is 12.5. The van der Waals surface area contributed by atoms with Crippen LogP contribution < -0.4 is 15.4 Å². The van der Waals surface area contributed by atoms with E-state index in [2.05, 4.69) is 26.6 Å². The molecule has 3 N–H and O–H groups in total. The van der Waals surface area contributed by atoms with Crippen molar-refractivity contribution in [3.8, 4) is 5.75 Å². The van der Waals surface area contributed by atoms with Crippen molar-refractivity contribution in [2.24, 2.45) is 0 Å². The number of hydrogen-bond acceptors (Lipinski definition) is 4. The van der Waals surface area contributed by atoms with Crippen molar-refractivity contribution in [1.82, 2.24) is 0 Å². The van der Waals surface area contributed by atoms with Gasteiger partial charge in [-0.1, -0.05) is 34.1 Å². The SMILES string of the molecule is Cc1ccccc1OCC(=O)Nc1ccc(C(=O)Nc2cc(Br)cc(C(=O)O)c2)cc1. The molecule has 0 radical (unpaired) electrons. The van der Waals surface area contributed by atoms with Crippen molar-refractivity contribution in [2.45, 2.75) is 6.92 Å². The highest BCUT2D eigenvalue weighted by atomic mass is 79.9. The van der Waals surface area contributed by atoms with Crippen LogP contribution in [0.2, 0.25) is 0 Å². The maximum Gasteiger partial charge on any atom is 0.335 e. The largest absolute Gasteiger partial charge is 0.483 e. The van der Waals surface area contributed by atoms with Crippen molar-refractivity contribution in [1.29, 1.82) is 0 Å². The van der Waals surface area contributed by atoms with E-state index in [1.807, 2.05) is 25.1 Å². The van der Waals surface area contributed by atoms with Gasteiger partial charge in [-0.25, -0.2) is 4.79 Å². The molecule has 7 nitrogen and oxygen atoms in total. The van der Waals surface area contributed by atoms with Gasteiger partial charge in [0.25, 0.3) is 11.8 Å². The van der Waals surface area contributed by atoms with Crippen LogP contribution in [0.3, 0.4) is 0 Å². The number of hydrogen-bond donors (Lipinski definition) is 3. The van der Waals surface area contributed by atoms with E-state index in [4.69, 9.17) is 9.84 Å². The van der Waals surface area contributed by atoms with Gasteiger partial charge in [-0.15, -0.1) is 0 Å². The first kappa shape index (κ1) is 22.0. The van der Waals surface area contributed by atoms with E-state index in [0.29, 0.717) is 27.2 Å². The monoisotopic (exact) mass is 482 g/mol. The number of carboxylic acid groups (broad SMARTS) is 1. The topological polar surface area (TPSA) is 105 Å². The quantitative estimate of drug-likeness (QED) is 0.451. The van der Waals surface area contributed by atoms with Crippen LogP contribution in [0.5, 0.6) is 5.75 Å².